The molecular formula is C23H27F3N4O7. The standard InChI is InChI=1S/C21H26N4O5.C2HF3O2/c1-24(2)9-10-25(13-14-5-7-18(28-3)19(11-14)29-4)21-22-16-12-15(20(26)23-27)6-8-17(16)30-21;3-2(4,5)1(6)7/h5-8,11-12,27H,9-10,13H2,1-4H3,(H,23,26);(H,6,7). The molecular weight excluding hydrogens is 501 g/mol. The van der Waals surface area contributed by atoms with Gasteiger partial charge in [-0.05, 0) is 50.0 Å². The summed E-state index contributed by atoms with van der Waals surface area (Å²) in [4.78, 5) is 29.2. The van der Waals surface area contributed by atoms with Crippen LogP contribution in [0.15, 0.2) is 40.8 Å². The zero-order valence-corrected chi connectivity index (χ0v) is 20.5. The summed E-state index contributed by atoms with van der Waals surface area (Å²) in [5.74, 6) is -2.04. The number of benzene rings is 2. The summed E-state index contributed by atoms with van der Waals surface area (Å²) in [5, 5.41) is 16.0. The molecule has 37 heavy (non-hydrogen) atoms. The van der Waals surface area contributed by atoms with Crippen molar-refractivity contribution in [2.24, 2.45) is 0 Å². The monoisotopic (exact) mass is 528 g/mol. The predicted octanol–water partition coefficient (Wildman–Crippen LogP) is 3.17. The van der Waals surface area contributed by atoms with Crippen LogP contribution in [0.5, 0.6) is 11.5 Å². The first-order chi connectivity index (χ1) is 17.4. The number of hydroxylamine groups is 1. The average Bonchev–Trinajstić information content (AvgIpc) is 3.28. The summed E-state index contributed by atoms with van der Waals surface area (Å²) >= 11 is 0. The van der Waals surface area contributed by atoms with Crippen molar-refractivity contribution in [3.63, 3.8) is 0 Å². The Kier molecular flexibility index (Phi) is 10.1. The fraction of sp³-hybridized carbons (Fsp3) is 0.348. The molecule has 14 heteroatoms. The van der Waals surface area contributed by atoms with Crippen molar-refractivity contribution in [2.45, 2.75) is 12.7 Å². The molecule has 0 atom stereocenters. The first-order valence-corrected chi connectivity index (χ1v) is 10.6. The highest BCUT2D eigenvalue weighted by molar-refractivity contribution is 5.96. The smallest absolute Gasteiger partial charge is 0.490 e. The topological polar surface area (TPSA) is 138 Å². The molecule has 202 valence electrons. The van der Waals surface area contributed by atoms with E-state index >= 15 is 0 Å². The van der Waals surface area contributed by atoms with Crippen molar-refractivity contribution in [3.8, 4) is 11.5 Å². The van der Waals surface area contributed by atoms with Crippen molar-refractivity contribution < 1.29 is 47.0 Å². The summed E-state index contributed by atoms with van der Waals surface area (Å²) < 4.78 is 48.4. The van der Waals surface area contributed by atoms with Gasteiger partial charge in [0.15, 0.2) is 17.1 Å². The van der Waals surface area contributed by atoms with Crippen LogP contribution in [0.1, 0.15) is 15.9 Å². The number of aromatic nitrogens is 1. The highest BCUT2D eigenvalue weighted by atomic mass is 19.4. The second-order valence-corrected chi connectivity index (χ2v) is 7.84. The van der Waals surface area contributed by atoms with E-state index in [0.717, 1.165) is 12.1 Å². The number of anilines is 1. The molecule has 1 heterocycles. The maximum atomic E-state index is 11.7. The van der Waals surface area contributed by atoms with Crippen LogP contribution in [0.3, 0.4) is 0 Å². The SMILES string of the molecule is COc1ccc(CN(CCN(C)C)c2nc3cc(C(=O)NO)ccc3o2)cc1OC.O=C(O)C(F)(F)F. The van der Waals surface area contributed by atoms with Gasteiger partial charge in [-0.1, -0.05) is 6.07 Å². The molecule has 0 spiro atoms. The maximum Gasteiger partial charge on any atom is 0.490 e. The van der Waals surface area contributed by atoms with Crippen molar-refractivity contribution >= 4 is 29.0 Å². The number of hydrogen-bond acceptors (Lipinski definition) is 9. The van der Waals surface area contributed by atoms with Gasteiger partial charge in [0.05, 0.1) is 14.2 Å². The summed E-state index contributed by atoms with van der Waals surface area (Å²) in [6, 6.07) is 11.0. The number of oxazole rings is 1. The van der Waals surface area contributed by atoms with Crippen LogP contribution in [-0.2, 0) is 11.3 Å². The minimum atomic E-state index is -5.08. The number of methoxy groups -OCH3 is 2. The second-order valence-electron chi connectivity index (χ2n) is 7.84. The summed E-state index contributed by atoms with van der Waals surface area (Å²) in [5.41, 5.74) is 4.02. The number of halogens is 3. The van der Waals surface area contributed by atoms with Crippen LogP contribution < -0.4 is 19.9 Å². The van der Waals surface area contributed by atoms with Gasteiger partial charge in [-0.2, -0.15) is 18.2 Å². The largest absolute Gasteiger partial charge is 0.493 e. The summed E-state index contributed by atoms with van der Waals surface area (Å²) in [6.45, 7) is 2.02. The molecule has 1 amide bonds. The molecule has 0 saturated heterocycles. The first-order valence-electron chi connectivity index (χ1n) is 10.6. The summed E-state index contributed by atoms with van der Waals surface area (Å²) in [7, 11) is 7.21. The van der Waals surface area contributed by atoms with Crippen LogP contribution in [0.25, 0.3) is 11.1 Å². The van der Waals surface area contributed by atoms with Crippen LogP contribution in [-0.4, -0.2) is 79.7 Å². The van der Waals surface area contributed by atoms with Crippen LogP contribution in [0.4, 0.5) is 19.2 Å². The molecule has 11 nitrogen and oxygen atoms in total. The van der Waals surface area contributed by atoms with E-state index in [2.05, 4.69) is 9.88 Å². The number of alkyl halides is 3. The molecule has 0 saturated carbocycles. The van der Waals surface area contributed by atoms with E-state index in [0.29, 0.717) is 47.3 Å². The highest BCUT2D eigenvalue weighted by Crippen LogP contribution is 2.29. The third-order valence-electron chi connectivity index (χ3n) is 4.89. The Bertz CT molecular complexity index is 1210. The molecule has 3 N–H and O–H groups in total. The Hall–Kier alpha value is -4.04. The lowest BCUT2D eigenvalue weighted by Gasteiger charge is -2.23. The molecule has 0 radical (unpaired) electrons. The Balaban J connectivity index is 0.000000604. The van der Waals surface area contributed by atoms with Crippen LogP contribution in [0.2, 0.25) is 0 Å². The molecule has 0 fully saturated rings. The van der Waals surface area contributed by atoms with Crippen LogP contribution in [0, 0.1) is 0 Å². The lowest BCUT2D eigenvalue weighted by Crippen LogP contribution is -2.31. The Morgan fingerprint density at radius 1 is 1.05 bits per heavy atom. The van der Waals surface area contributed by atoms with Gasteiger partial charge >= 0.3 is 12.1 Å². The molecule has 0 unspecified atom stereocenters. The highest BCUT2D eigenvalue weighted by Gasteiger charge is 2.38. The molecule has 0 bridgehead atoms. The van der Waals surface area contributed by atoms with Crippen molar-refractivity contribution in [1.82, 2.24) is 15.4 Å². The predicted molar refractivity (Wildman–Crippen MR) is 126 cm³/mol. The van der Waals surface area contributed by atoms with Gasteiger partial charge in [0.25, 0.3) is 11.9 Å². The normalized spacial score (nSPS) is 11.1. The van der Waals surface area contributed by atoms with Crippen molar-refractivity contribution in [2.75, 3.05) is 46.3 Å². The number of carbonyl (C=O) groups excluding carboxylic acids is 1. The van der Waals surface area contributed by atoms with E-state index in [9.17, 15) is 18.0 Å². The van der Waals surface area contributed by atoms with Crippen molar-refractivity contribution in [3.05, 3.63) is 47.5 Å². The lowest BCUT2D eigenvalue weighted by molar-refractivity contribution is -0.192. The maximum absolute atomic E-state index is 11.7. The number of carbonyl (C=O) groups is 2. The van der Waals surface area contributed by atoms with Gasteiger partial charge in [0.1, 0.15) is 5.52 Å². The molecule has 0 aliphatic carbocycles. The molecule has 0 aliphatic rings. The van der Waals surface area contributed by atoms with Gasteiger partial charge < -0.3 is 28.8 Å². The third kappa shape index (κ3) is 8.25. The van der Waals surface area contributed by atoms with E-state index in [1.807, 2.05) is 37.2 Å². The molecule has 2 aromatic carbocycles. The lowest BCUT2D eigenvalue weighted by atomic mass is 10.2. The first kappa shape index (κ1) is 29.2. The van der Waals surface area contributed by atoms with E-state index in [1.165, 1.54) is 0 Å². The number of carboxylic acid groups (broad SMARTS) is 1. The molecule has 1 aromatic heterocycles. The number of aliphatic carboxylic acids is 1. The van der Waals surface area contributed by atoms with Gasteiger partial charge in [0.2, 0.25) is 0 Å². The zero-order valence-electron chi connectivity index (χ0n) is 20.5. The van der Waals surface area contributed by atoms with Crippen LogP contribution >= 0.6 is 0 Å². The molecule has 3 aromatic rings. The van der Waals surface area contributed by atoms with Gasteiger partial charge in [0, 0.05) is 25.2 Å². The number of likely N-dealkylation sites (N-methyl/N-ethyl adjacent to an activating group) is 1. The number of nitrogens with zero attached hydrogens (tertiary/aromatic N) is 3. The minimum Gasteiger partial charge on any atom is -0.493 e. The zero-order chi connectivity index (χ0) is 27.8. The number of carboxylic acids is 1. The number of ether oxygens (including phenoxy) is 2. The van der Waals surface area contributed by atoms with E-state index in [-0.39, 0.29) is 0 Å². The average molecular weight is 528 g/mol. The quantitative estimate of drug-likeness (QED) is 0.281. The summed E-state index contributed by atoms with van der Waals surface area (Å²) in [6.07, 6.45) is -5.08. The third-order valence-corrected chi connectivity index (χ3v) is 4.89. The Morgan fingerprint density at radius 3 is 2.24 bits per heavy atom. The number of rotatable bonds is 9. The second kappa shape index (κ2) is 12.8. The Morgan fingerprint density at radius 2 is 1.70 bits per heavy atom. The Labute approximate surface area is 209 Å². The fourth-order valence-corrected chi connectivity index (χ4v) is 3.02. The van der Waals surface area contributed by atoms with Gasteiger partial charge in [-0.3, -0.25) is 10.0 Å². The number of fused-ring (bicyclic) bond motifs is 1. The van der Waals surface area contributed by atoms with Gasteiger partial charge in [-0.25, -0.2) is 10.3 Å². The number of nitrogens with one attached hydrogen (secondary N) is 1. The van der Waals surface area contributed by atoms with E-state index < -0.39 is 18.1 Å². The fourth-order valence-electron chi connectivity index (χ4n) is 3.02. The van der Waals surface area contributed by atoms with Gasteiger partial charge in [-0.15, -0.1) is 0 Å². The minimum absolute atomic E-state index is 0.296. The van der Waals surface area contributed by atoms with Crippen molar-refractivity contribution in [1.29, 1.82) is 0 Å². The number of amides is 1. The molecule has 3 rings (SSSR count). The number of hydrogen-bond donors (Lipinski definition) is 3. The molecule has 0 aliphatic heterocycles. The van der Waals surface area contributed by atoms with E-state index in [4.69, 9.17) is 29.0 Å². The van der Waals surface area contributed by atoms with E-state index in [1.54, 1.807) is 37.9 Å².